The maximum Gasteiger partial charge on any atom is 0.266 e. The van der Waals surface area contributed by atoms with Crippen molar-refractivity contribution < 1.29 is 13.6 Å². The normalized spacial score (nSPS) is 11.0. The average molecular weight is 396 g/mol. The van der Waals surface area contributed by atoms with E-state index in [4.69, 9.17) is 8.83 Å². The summed E-state index contributed by atoms with van der Waals surface area (Å²) >= 11 is 1.22. The summed E-state index contributed by atoms with van der Waals surface area (Å²) in [4.78, 5) is 28.3. The van der Waals surface area contributed by atoms with Crippen molar-refractivity contribution in [3.05, 3.63) is 65.1 Å². The monoisotopic (exact) mass is 396 g/mol. The maximum absolute atomic E-state index is 12.0. The SMILES string of the molecule is O=C(CSc1nc2ccccc2o1)NCCn1nc(-c2ccco2)ccc1=O. The van der Waals surface area contributed by atoms with E-state index in [0.717, 1.165) is 5.52 Å². The number of para-hydroxylation sites is 2. The molecule has 142 valence electrons. The van der Waals surface area contributed by atoms with Crippen molar-refractivity contribution in [1.82, 2.24) is 20.1 Å². The van der Waals surface area contributed by atoms with E-state index in [9.17, 15) is 9.59 Å². The first-order valence-corrected chi connectivity index (χ1v) is 9.55. The molecule has 4 rings (SSSR count). The molecule has 0 atom stereocenters. The van der Waals surface area contributed by atoms with Crippen LogP contribution < -0.4 is 10.9 Å². The van der Waals surface area contributed by atoms with Gasteiger partial charge in [-0.25, -0.2) is 9.67 Å². The molecule has 0 aliphatic carbocycles. The van der Waals surface area contributed by atoms with Crippen molar-refractivity contribution in [3.8, 4) is 11.5 Å². The van der Waals surface area contributed by atoms with E-state index < -0.39 is 0 Å². The third-order valence-electron chi connectivity index (χ3n) is 3.89. The number of nitrogens with zero attached hydrogens (tertiary/aromatic N) is 3. The number of aromatic nitrogens is 3. The van der Waals surface area contributed by atoms with Gasteiger partial charge in [0.25, 0.3) is 10.8 Å². The Labute approximate surface area is 163 Å². The van der Waals surface area contributed by atoms with Gasteiger partial charge in [-0.3, -0.25) is 9.59 Å². The van der Waals surface area contributed by atoms with Crippen LogP contribution in [0.1, 0.15) is 0 Å². The van der Waals surface area contributed by atoms with Gasteiger partial charge in [0.2, 0.25) is 5.91 Å². The highest BCUT2D eigenvalue weighted by Gasteiger charge is 2.10. The molecule has 0 aliphatic rings. The largest absolute Gasteiger partial charge is 0.463 e. The van der Waals surface area contributed by atoms with Crippen LogP contribution in [0.2, 0.25) is 0 Å². The fourth-order valence-corrected chi connectivity index (χ4v) is 3.23. The van der Waals surface area contributed by atoms with Gasteiger partial charge in [-0.1, -0.05) is 23.9 Å². The molecule has 0 saturated heterocycles. The number of oxazole rings is 1. The summed E-state index contributed by atoms with van der Waals surface area (Å²) in [6, 6.07) is 14.0. The minimum absolute atomic E-state index is 0.168. The first-order valence-electron chi connectivity index (χ1n) is 8.56. The zero-order valence-electron chi connectivity index (χ0n) is 14.7. The summed E-state index contributed by atoms with van der Waals surface area (Å²) in [5.74, 6) is 0.566. The lowest BCUT2D eigenvalue weighted by Crippen LogP contribution is -2.32. The molecule has 0 aliphatic heterocycles. The van der Waals surface area contributed by atoms with E-state index in [2.05, 4.69) is 15.4 Å². The Morgan fingerprint density at radius 1 is 1.14 bits per heavy atom. The van der Waals surface area contributed by atoms with Crippen LogP contribution in [0, 0.1) is 0 Å². The van der Waals surface area contributed by atoms with E-state index in [-0.39, 0.29) is 30.3 Å². The topological polar surface area (TPSA) is 103 Å². The quantitative estimate of drug-likeness (QED) is 0.479. The van der Waals surface area contributed by atoms with Crippen LogP contribution in [0.4, 0.5) is 0 Å². The summed E-state index contributed by atoms with van der Waals surface area (Å²) < 4.78 is 12.1. The molecule has 8 nitrogen and oxygen atoms in total. The lowest BCUT2D eigenvalue weighted by atomic mass is 10.3. The average Bonchev–Trinajstić information content (AvgIpc) is 3.37. The second kappa shape index (κ2) is 8.13. The molecule has 1 N–H and O–H groups in total. The predicted molar refractivity (Wildman–Crippen MR) is 104 cm³/mol. The lowest BCUT2D eigenvalue weighted by Gasteiger charge is -2.07. The van der Waals surface area contributed by atoms with Crippen LogP contribution in [0.5, 0.6) is 0 Å². The minimum atomic E-state index is -0.245. The summed E-state index contributed by atoms with van der Waals surface area (Å²) in [6.07, 6.45) is 1.54. The van der Waals surface area contributed by atoms with Crippen molar-refractivity contribution in [1.29, 1.82) is 0 Å². The minimum Gasteiger partial charge on any atom is -0.463 e. The van der Waals surface area contributed by atoms with E-state index in [1.807, 2.05) is 24.3 Å². The Hall–Kier alpha value is -3.33. The number of hydrogen-bond acceptors (Lipinski definition) is 7. The molecule has 0 unspecified atom stereocenters. The van der Waals surface area contributed by atoms with Gasteiger partial charge < -0.3 is 14.2 Å². The molecule has 0 fully saturated rings. The number of benzene rings is 1. The van der Waals surface area contributed by atoms with Crippen molar-refractivity contribution in [3.63, 3.8) is 0 Å². The Kier molecular flexibility index (Phi) is 5.24. The number of thioether (sulfide) groups is 1. The van der Waals surface area contributed by atoms with Crippen molar-refractivity contribution in [2.24, 2.45) is 0 Å². The Balaban J connectivity index is 1.29. The van der Waals surface area contributed by atoms with Gasteiger partial charge >= 0.3 is 0 Å². The van der Waals surface area contributed by atoms with E-state index >= 15 is 0 Å². The van der Waals surface area contributed by atoms with Crippen LogP contribution in [0.25, 0.3) is 22.6 Å². The van der Waals surface area contributed by atoms with Crippen LogP contribution in [0.15, 0.2) is 73.6 Å². The number of rotatable bonds is 7. The van der Waals surface area contributed by atoms with Crippen molar-refractivity contribution in [2.75, 3.05) is 12.3 Å². The zero-order valence-corrected chi connectivity index (χ0v) is 15.5. The summed E-state index contributed by atoms with van der Waals surface area (Å²) in [6.45, 7) is 0.536. The van der Waals surface area contributed by atoms with Gasteiger partial charge in [0.05, 0.1) is 18.6 Å². The molecule has 0 bridgehead atoms. The zero-order chi connectivity index (χ0) is 19.3. The number of carbonyl (C=O) groups excluding carboxylic acids is 1. The van der Waals surface area contributed by atoms with Gasteiger partial charge in [0, 0.05) is 12.6 Å². The maximum atomic E-state index is 12.0. The highest BCUT2D eigenvalue weighted by atomic mass is 32.2. The molecule has 0 radical (unpaired) electrons. The molecule has 1 amide bonds. The van der Waals surface area contributed by atoms with Gasteiger partial charge in [-0.2, -0.15) is 5.10 Å². The second-order valence-corrected chi connectivity index (χ2v) is 6.77. The molecule has 9 heteroatoms. The second-order valence-electron chi connectivity index (χ2n) is 5.84. The van der Waals surface area contributed by atoms with Gasteiger partial charge in [-0.15, -0.1) is 0 Å². The molecule has 3 aromatic heterocycles. The number of furan rings is 1. The third-order valence-corrected chi connectivity index (χ3v) is 4.72. The summed E-state index contributed by atoms with van der Waals surface area (Å²) in [5.41, 5.74) is 1.76. The first kappa shape index (κ1) is 18.1. The van der Waals surface area contributed by atoms with Crippen molar-refractivity contribution >= 4 is 28.8 Å². The molecule has 3 heterocycles. The number of amides is 1. The Morgan fingerprint density at radius 2 is 2.04 bits per heavy atom. The molecular weight excluding hydrogens is 380 g/mol. The Bertz CT molecular complexity index is 1120. The number of hydrogen-bond donors (Lipinski definition) is 1. The molecule has 28 heavy (non-hydrogen) atoms. The molecule has 0 saturated carbocycles. The van der Waals surface area contributed by atoms with E-state index in [0.29, 0.717) is 22.3 Å². The fraction of sp³-hybridized carbons (Fsp3) is 0.158. The van der Waals surface area contributed by atoms with Gasteiger partial charge in [0.1, 0.15) is 11.2 Å². The molecule has 0 spiro atoms. The molecular formula is C19H16N4O4S. The van der Waals surface area contributed by atoms with Crippen LogP contribution in [-0.4, -0.2) is 33.0 Å². The first-order chi connectivity index (χ1) is 13.7. The number of fused-ring (bicyclic) bond motifs is 1. The predicted octanol–water partition coefficient (Wildman–Crippen LogP) is 2.55. The van der Waals surface area contributed by atoms with Crippen molar-refractivity contribution in [2.45, 2.75) is 11.8 Å². The van der Waals surface area contributed by atoms with Gasteiger partial charge in [-0.05, 0) is 30.3 Å². The smallest absolute Gasteiger partial charge is 0.266 e. The van der Waals surface area contributed by atoms with E-state index in [1.54, 1.807) is 24.5 Å². The standard InChI is InChI=1S/C19H16N4O4S/c24-17(12-28-19-21-13-4-1-2-5-16(13)27-19)20-9-10-23-18(25)8-7-14(22-23)15-6-3-11-26-15/h1-8,11H,9-10,12H2,(H,20,24). The third kappa shape index (κ3) is 4.15. The van der Waals surface area contributed by atoms with E-state index in [1.165, 1.54) is 22.5 Å². The fourth-order valence-electron chi connectivity index (χ4n) is 2.56. The van der Waals surface area contributed by atoms with Gasteiger partial charge in [0.15, 0.2) is 11.3 Å². The molecule has 1 aromatic carbocycles. The number of nitrogens with one attached hydrogen (secondary N) is 1. The summed E-state index contributed by atoms with van der Waals surface area (Å²) in [5, 5.41) is 7.47. The highest BCUT2D eigenvalue weighted by molar-refractivity contribution is 7.99. The molecule has 4 aromatic rings. The highest BCUT2D eigenvalue weighted by Crippen LogP contribution is 2.22. The van der Waals surface area contributed by atoms with Crippen LogP contribution in [-0.2, 0) is 11.3 Å². The Morgan fingerprint density at radius 3 is 2.86 bits per heavy atom. The van der Waals surface area contributed by atoms with Crippen LogP contribution >= 0.6 is 11.8 Å². The lowest BCUT2D eigenvalue weighted by molar-refractivity contribution is -0.118. The number of carbonyl (C=O) groups is 1. The summed E-state index contributed by atoms with van der Waals surface area (Å²) in [7, 11) is 0. The van der Waals surface area contributed by atoms with Crippen LogP contribution in [0.3, 0.4) is 0 Å².